The molecule has 0 saturated heterocycles. The third kappa shape index (κ3) is 5.29. The van der Waals surface area contributed by atoms with Gasteiger partial charge in [-0.05, 0) is 66.6 Å². The average Bonchev–Trinajstić information content (AvgIpc) is 2.79. The highest BCUT2D eigenvalue weighted by Crippen LogP contribution is 2.38. The molecule has 0 amide bonds. The van der Waals surface area contributed by atoms with Crippen molar-refractivity contribution in [3.8, 4) is 11.5 Å². The second-order valence-corrected chi connectivity index (χ2v) is 8.06. The highest BCUT2D eigenvalue weighted by Gasteiger charge is 2.22. The lowest BCUT2D eigenvalue weighted by Gasteiger charge is -2.23. The van der Waals surface area contributed by atoms with E-state index in [9.17, 15) is 9.59 Å². The lowest BCUT2D eigenvalue weighted by Crippen LogP contribution is -2.10. The molecule has 4 heteroatoms. The molecule has 0 aromatic heterocycles. The van der Waals surface area contributed by atoms with E-state index >= 15 is 0 Å². The first kappa shape index (κ1) is 23.7. The fourth-order valence-corrected chi connectivity index (χ4v) is 4.13. The molecule has 0 unspecified atom stereocenters. The van der Waals surface area contributed by atoms with Crippen LogP contribution in [0.3, 0.4) is 0 Å². The summed E-state index contributed by atoms with van der Waals surface area (Å²) in [5, 5.41) is 0. The van der Waals surface area contributed by atoms with Crippen molar-refractivity contribution in [2.24, 2.45) is 0 Å². The quantitative estimate of drug-likeness (QED) is 0.188. The topological polar surface area (TPSA) is 52.6 Å². The number of carbonyl (C=O) groups excluding carboxylic acids is 2. The lowest BCUT2D eigenvalue weighted by molar-refractivity contribution is -0.129. The monoisotopic (exact) mass is 440 g/mol. The molecule has 0 bridgehead atoms. The van der Waals surface area contributed by atoms with Gasteiger partial charge in [0.2, 0.25) is 0 Å². The van der Waals surface area contributed by atoms with Crippen molar-refractivity contribution in [1.29, 1.82) is 0 Å². The Bertz CT molecular complexity index is 1100. The van der Waals surface area contributed by atoms with Gasteiger partial charge in [0, 0.05) is 18.1 Å². The SMILES string of the molecule is C=CC(=O)Oc1c(C)cc(C(c2ccccc2)c2cc(C)c(OC(=O)C=C)c(C)c2)cc1C. The number of aryl methyl sites for hydroxylation is 4. The zero-order valence-corrected chi connectivity index (χ0v) is 19.5. The molecule has 0 N–H and O–H groups in total. The van der Waals surface area contributed by atoms with Gasteiger partial charge in [-0.2, -0.15) is 0 Å². The van der Waals surface area contributed by atoms with Crippen molar-refractivity contribution < 1.29 is 19.1 Å². The fourth-order valence-electron chi connectivity index (χ4n) is 4.13. The molecule has 0 aliphatic heterocycles. The number of benzene rings is 3. The van der Waals surface area contributed by atoms with Crippen LogP contribution in [0.15, 0.2) is 79.9 Å². The third-order valence-corrected chi connectivity index (χ3v) is 5.50. The first-order valence-corrected chi connectivity index (χ1v) is 10.7. The predicted octanol–water partition coefficient (Wildman–Crippen LogP) is 6.28. The first-order valence-electron chi connectivity index (χ1n) is 10.7. The van der Waals surface area contributed by atoms with Crippen LogP contribution in [-0.4, -0.2) is 11.9 Å². The van der Waals surface area contributed by atoms with Crippen molar-refractivity contribution in [3.05, 3.63) is 119 Å². The van der Waals surface area contributed by atoms with E-state index in [1.54, 1.807) is 0 Å². The Kier molecular flexibility index (Phi) is 7.29. The number of carbonyl (C=O) groups is 2. The summed E-state index contributed by atoms with van der Waals surface area (Å²) in [6, 6.07) is 18.4. The second kappa shape index (κ2) is 10.1. The van der Waals surface area contributed by atoms with Gasteiger partial charge in [0.05, 0.1) is 0 Å². The molecule has 3 aromatic rings. The fraction of sp³-hybridized carbons (Fsp3) is 0.172. The van der Waals surface area contributed by atoms with E-state index in [1.165, 1.54) is 0 Å². The largest absolute Gasteiger partial charge is 0.423 e. The van der Waals surface area contributed by atoms with Crippen molar-refractivity contribution in [1.82, 2.24) is 0 Å². The number of hydrogen-bond acceptors (Lipinski definition) is 4. The Morgan fingerprint density at radius 2 is 1.03 bits per heavy atom. The molecule has 4 nitrogen and oxygen atoms in total. The van der Waals surface area contributed by atoms with Gasteiger partial charge in [0.15, 0.2) is 0 Å². The highest BCUT2D eigenvalue weighted by atomic mass is 16.5. The molecule has 0 atom stereocenters. The van der Waals surface area contributed by atoms with Gasteiger partial charge in [-0.1, -0.05) is 67.8 Å². The summed E-state index contributed by atoms with van der Waals surface area (Å²) >= 11 is 0. The normalized spacial score (nSPS) is 10.6. The summed E-state index contributed by atoms with van der Waals surface area (Å²) in [4.78, 5) is 23.5. The van der Waals surface area contributed by atoms with Crippen molar-refractivity contribution >= 4 is 11.9 Å². The minimum Gasteiger partial charge on any atom is -0.423 e. The van der Waals surface area contributed by atoms with Crippen molar-refractivity contribution in [3.63, 3.8) is 0 Å². The Balaban J connectivity index is 2.15. The summed E-state index contributed by atoms with van der Waals surface area (Å²) in [6.45, 7) is 14.7. The molecule has 0 fully saturated rings. The molecular weight excluding hydrogens is 412 g/mol. The maximum atomic E-state index is 11.8. The van der Waals surface area contributed by atoms with Gasteiger partial charge in [-0.3, -0.25) is 0 Å². The number of esters is 2. The molecule has 33 heavy (non-hydrogen) atoms. The minimum absolute atomic E-state index is 0.0608. The van der Waals surface area contributed by atoms with Gasteiger partial charge >= 0.3 is 11.9 Å². The number of hydrogen-bond donors (Lipinski definition) is 0. The van der Waals surface area contributed by atoms with E-state index in [2.05, 4.69) is 25.3 Å². The third-order valence-electron chi connectivity index (χ3n) is 5.50. The van der Waals surface area contributed by atoms with E-state index in [-0.39, 0.29) is 5.92 Å². The van der Waals surface area contributed by atoms with Crippen LogP contribution in [0.1, 0.15) is 44.9 Å². The standard InChI is InChI=1S/C29H28O4/c1-7-25(30)32-28-18(3)14-23(15-19(28)4)27(22-12-10-9-11-13-22)24-16-20(5)29(21(6)17-24)33-26(31)8-2/h7-17,27H,1-2H2,3-6H3. The molecule has 3 rings (SSSR count). The van der Waals surface area contributed by atoms with Crippen LogP contribution < -0.4 is 9.47 Å². The van der Waals surface area contributed by atoms with Gasteiger partial charge in [0.1, 0.15) is 11.5 Å². The second-order valence-electron chi connectivity index (χ2n) is 8.06. The summed E-state index contributed by atoms with van der Waals surface area (Å²) in [6.07, 6.45) is 2.32. The molecular formula is C29H28O4. The van der Waals surface area contributed by atoms with E-state index in [1.807, 2.05) is 70.2 Å². The Hall–Kier alpha value is -3.92. The minimum atomic E-state index is -0.482. The summed E-state index contributed by atoms with van der Waals surface area (Å²) in [5.74, 6) is 0.0762. The summed E-state index contributed by atoms with van der Waals surface area (Å²) < 4.78 is 10.9. The number of rotatable bonds is 7. The van der Waals surface area contributed by atoms with Crippen LogP contribution in [0.2, 0.25) is 0 Å². The van der Waals surface area contributed by atoms with E-state index in [0.717, 1.165) is 51.1 Å². The Labute approximate surface area is 195 Å². The van der Waals surface area contributed by atoms with Crippen LogP contribution >= 0.6 is 0 Å². The Morgan fingerprint density at radius 3 is 1.36 bits per heavy atom. The highest BCUT2D eigenvalue weighted by molar-refractivity contribution is 5.84. The predicted molar refractivity (Wildman–Crippen MR) is 131 cm³/mol. The zero-order valence-electron chi connectivity index (χ0n) is 19.5. The van der Waals surface area contributed by atoms with Gasteiger partial charge in [-0.25, -0.2) is 9.59 Å². The van der Waals surface area contributed by atoms with E-state index in [4.69, 9.17) is 9.47 Å². The molecule has 0 radical (unpaired) electrons. The average molecular weight is 441 g/mol. The molecule has 0 aliphatic carbocycles. The van der Waals surface area contributed by atoms with Crippen LogP contribution in [0.4, 0.5) is 0 Å². The van der Waals surface area contributed by atoms with Crippen LogP contribution in [0.25, 0.3) is 0 Å². The van der Waals surface area contributed by atoms with Crippen molar-refractivity contribution in [2.75, 3.05) is 0 Å². The zero-order chi connectivity index (χ0) is 24.1. The van der Waals surface area contributed by atoms with Gasteiger partial charge < -0.3 is 9.47 Å². The smallest absolute Gasteiger partial charge is 0.335 e. The maximum absolute atomic E-state index is 11.8. The molecule has 0 aliphatic rings. The van der Waals surface area contributed by atoms with Crippen molar-refractivity contribution in [2.45, 2.75) is 33.6 Å². The van der Waals surface area contributed by atoms with Crippen LogP contribution in [0, 0.1) is 27.7 Å². The molecule has 0 spiro atoms. The van der Waals surface area contributed by atoms with E-state index < -0.39 is 11.9 Å². The number of ether oxygens (including phenoxy) is 2. The first-order chi connectivity index (χ1) is 15.7. The van der Waals surface area contributed by atoms with E-state index in [0.29, 0.717) is 11.5 Å². The molecule has 0 saturated carbocycles. The lowest BCUT2D eigenvalue weighted by atomic mass is 9.82. The summed E-state index contributed by atoms with van der Waals surface area (Å²) in [5.41, 5.74) is 6.74. The molecule has 168 valence electrons. The molecule has 0 heterocycles. The summed E-state index contributed by atoms with van der Waals surface area (Å²) in [7, 11) is 0. The Morgan fingerprint density at radius 1 is 0.667 bits per heavy atom. The molecule has 3 aromatic carbocycles. The van der Waals surface area contributed by atoms with Gasteiger partial charge in [-0.15, -0.1) is 0 Å². The van der Waals surface area contributed by atoms with Gasteiger partial charge in [0.25, 0.3) is 0 Å². The van der Waals surface area contributed by atoms with Crippen LogP contribution in [0.5, 0.6) is 11.5 Å². The van der Waals surface area contributed by atoms with Crippen LogP contribution in [-0.2, 0) is 9.59 Å². The maximum Gasteiger partial charge on any atom is 0.335 e.